The molecule has 2 rings (SSSR count). The number of nitrogens with two attached hydrogens (primary N) is 1. The van der Waals surface area contributed by atoms with E-state index in [1.54, 1.807) is 6.07 Å². The van der Waals surface area contributed by atoms with Gasteiger partial charge < -0.3 is 10.6 Å². The molecule has 1 aliphatic carbocycles. The van der Waals surface area contributed by atoms with Crippen LogP contribution in [0.4, 0.5) is 0 Å². The van der Waals surface area contributed by atoms with Crippen molar-refractivity contribution in [3.05, 3.63) is 33.8 Å². The summed E-state index contributed by atoms with van der Waals surface area (Å²) in [6, 6.07) is 5.33. The molecule has 0 aromatic heterocycles. The molecular formula is C15H20Cl2N2O. The molecule has 0 radical (unpaired) electrons. The molecule has 1 saturated carbocycles. The molecule has 1 fully saturated rings. The third-order valence-corrected chi connectivity index (χ3v) is 4.50. The lowest BCUT2D eigenvalue weighted by Gasteiger charge is -2.27. The topological polar surface area (TPSA) is 46.3 Å². The molecule has 3 nitrogen and oxygen atoms in total. The van der Waals surface area contributed by atoms with Crippen molar-refractivity contribution in [1.29, 1.82) is 0 Å². The van der Waals surface area contributed by atoms with E-state index in [4.69, 9.17) is 28.9 Å². The number of hydrogen-bond acceptors (Lipinski definition) is 2. The Morgan fingerprint density at radius 3 is 2.60 bits per heavy atom. The van der Waals surface area contributed by atoms with Crippen LogP contribution in [-0.2, 0) is 11.3 Å². The van der Waals surface area contributed by atoms with Crippen molar-refractivity contribution < 1.29 is 4.79 Å². The Bertz CT molecular complexity index is 501. The minimum absolute atomic E-state index is 0.00135. The van der Waals surface area contributed by atoms with E-state index in [9.17, 15) is 4.79 Å². The number of halogens is 2. The van der Waals surface area contributed by atoms with Crippen LogP contribution in [0.15, 0.2) is 18.2 Å². The summed E-state index contributed by atoms with van der Waals surface area (Å²) in [4.78, 5) is 14.3. The van der Waals surface area contributed by atoms with Crippen molar-refractivity contribution in [3.63, 3.8) is 0 Å². The summed E-state index contributed by atoms with van der Waals surface area (Å²) < 4.78 is 0. The fourth-order valence-corrected chi connectivity index (χ4v) is 2.48. The Kier molecular flexibility index (Phi) is 4.95. The van der Waals surface area contributed by atoms with Gasteiger partial charge in [0.1, 0.15) is 0 Å². The monoisotopic (exact) mass is 314 g/mol. The van der Waals surface area contributed by atoms with Crippen LogP contribution < -0.4 is 5.73 Å². The number of benzene rings is 1. The van der Waals surface area contributed by atoms with E-state index < -0.39 is 6.04 Å². The standard InChI is InChI=1S/C15H20Cl2N2O/c1-9(2)14(18)15(20)19(11-6-7-11)8-10-4-3-5-12(16)13(10)17/h3-5,9,11,14H,6-8,18H2,1-2H3/t14-/m0/s1. The maximum atomic E-state index is 12.5. The molecule has 1 atom stereocenters. The van der Waals surface area contributed by atoms with Crippen molar-refractivity contribution in [1.82, 2.24) is 4.90 Å². The van der Waals surface area contributed by atoms with Gasteiger partial charge in [0.15, 0.2) is 0 Å². The molecule has 0 bridgehead atoms. The van der Waals surface area contributed by atoms with Gasteiger partial charge in [-0.05, 0) is 30.4 Å². The van der Waals surface area contributed by atoms with Crippen LogP contribution in [0, 0.1) is 5.92 Å². The van der Waals surface area contributed by atoms with E-state index in [1.807, 2.05) is 30.9 Å². The molecule has 1 amide bonds. The quantitative estimate of drug-likeness (QED) is 0.904. The zero-order valence-electron chi connectivity index (χ0n) is 11.8. The summed E-state index contributed by atoms with van der Waals surface area (Å²) in [7, 11) is 0. The summed E-state index contributed by atoms with van der Waals surface area (Å²) in [6.45, 7) is 4.39. The average molecular weight is 315 g/mol. The lowest BCUT2D eigenvalue weighted by atomic mass is 10.0. The molecule has 0 unspecified atom stereocenters. The predicted octanol–water partition coefficient (Wildman–Crippen LogP) is 3.47. The second-order valence-electron chi connectivity index (χ2n) is 5.68. The fourth-order valence-electron chi connectivity index (χ4n) is 2.10. The first-order valence-electron chi connectivity index (χ1n) is 6.90. The van der Waals surface area contributed by atoms with Crippen molar-refractivity contribution in [2.45, 2.75) is 45.3 Å². The predicted molar refractivity (Wildman–Crippen MR) is 82.8 cm³/mol. The average Bonchev–Trinajstić information content (AvgIpc) is 3.23. The second-order valence-corrected chi connectivity index (χ2v) is 6.47. The van der Waals surface area contributed by atoms with Gasteiger partial charge in [-0.3, -0.25) is 4.79 Å². The van der Waals surface area contributed by atoms with Gasteiger partial charge in [0.25, 0.3) is 0 Å². The molecule has 0 saturated heterocycles. The molecule has 1 aliphatic rings. The normalized spacial score (nSPS) is 16.3. The van der Waals surface area contributed by atoms with Crippen molar-refractivity contribution in [2.75, 3.05) is 0 Å². The first-order valence-corrected chi connectivity index (χ1v) is 7.66. The zero-order chi connectivity index (χ0) is 14.9. The van der Waals surface area contributed by atoms with Crippen molar-refractivity contribution >= 4 is 29.1 Å². The van der Waals surface area contributed by atoms with Gasteiger partial charge in [-0.25, -0.2) is 0 Å². The van der Waals surface area contributed by atoms with E-state index in [0.717, 1.165) is 18.4 Å². The summed E-state index contributed by atoms with van der Waals surface area (Å²) in [5, 5.41) is 1.03. The molecule has 5 heteroatoms. The van der Waals surface area contributed by atoms with E-state index in [1.165, 1.54) is 0 Å². The number of hydrogen-bond donors (Lipinski definition) is 1. The van der Waals surface area contributed by atoms with Gasteiger partial charge in [0.2, 0.25) is 5.91 Å². The van der Waals surface area contributed by atoms with Crippen LogP contribution in [0.1, 0.15) is 32.3 Å². The maximum absolute atomic E-state index is 12.5. The molecule has 2 N–H and O–H groups in total. The van der Waals surface area contributed by atoms with Gasteiger partial charge in [-0.1, -0.05) is 49.2 Å². The largest absolute Gasteiger partial charge is 0.334 e. The van der Waals surface area contributed by atoms with Crippen LogP contribution in [0.5, 0.6) is 0 Å². The third-order valence-electron chi connectivity index (χ3n) is 3.65. The van der Waals surface area contributed by atoms with E-state index in [-0.39, 0.29) is 11.8 Å². The Hall–Kier alpha value is -0.770. The summed E-state index contributed by atoms with van der Waals surface area (Å²) in [5.41, 5.74) is 6.87. The first kappa shape index (κ1) is 15.6. The van der Waals surface area contributed by atoms with Crippen LogP contribution in [0.25, 0.3) is 0 Å². The highest BCUT2D eigenvalue weighted by Gasteiger charge is 2.35. The highest BCUT2D eigenvalue weighted by Crippen LogP contribution is 2.32. The number of rotatable bonds is 5. The van der Waals surface area contributed by atoms with Crippen molar-refractivity contribution in [3.8, 4) is 0 Å². The molecule has 0 aliphatic heterocycles. The third kappa shape index (κ3) is 3.46. The molecule has 20 heavy (non-hydrogen) atoms. The minimum atomic E-state index is -0.464. The summed E-state index contributed by atoms with van der Waals surface area (Å²) in [6.07, 6.45) is 2.07. The van der Waals surface area contributed by atoms with Gasteiger partial charge in [0, 0.05) is 12.6 Å². The number of carbonyl (C=O) groups is 1. The number of amides is 1. The first-order chi connectivity index (χ1) is 9.41. The molecule has 1 aromatic rings. The van der Waals surface area contributed by atoms with Gasteiger partial charge in [0.05, 0.1) is 16.1 Å². The van der Waals surface area contributed by atoms with Crippen LogP contribution in [0.2, 0.25) is 10.0 Å². The molecule has 0 heterocycles. The Morgan fingerprint density at radius 2 is 2.05 bits per heavy atom. The maximum Gasteiger partial charge on any atom is 0.240 e. The SMILES string of the molecule is CC(C)[C@H](N)C(=O)N(Cc1cccc(Cl)c1Cl)C1CC1. The Labute approximate surface area is 130 Å². The molecule has 0 spiro atoms. The molecule has 110 valence electrons. The van der Waals surface area contributed by atoms with Crippen molar-refractivity contribution in [2.24, 2.45) is 11.7 Å². The Morgan fingerprint density at radius 1 is 1.40 bits per heavy atom. The fraction of sp³-hybridized carbons (Fsp3) is 0.533. The van der Waals surface area contributed by atoms with Crippen LogP contribution in [-0.4, -0.2) is 22.9 Å². The number of nitrogens with zero attached hydrogens (tertiary/aromatic N) is 1. The lowest BCUT2D eigenvalue weighted by Crippen LogP contribution is -2.47. The molecule has 1 aromatic carbocycles. The highest BCUT2D eigenvalue weighted by atomic mass is 35.5. The minimum Gasteiger partial charge on any atom is -0.334 e. The van der Waals surface area contributed by atoms with Crippen LogP contribution in [0.3, 0.4) is 0 Å². The van der Waals surface area contributed by atoms with E-state index >= 15 is 0 Å². The Balaban J connectivity index is 2.18. The van der Waals surface area contributed by atoms with E-state index in [2.05, 4.69) is 0 Å². The summed E-state index contributed by atoms with van der Waals surface area (Å²) in [5.74, 6) is 0.122. The van der Waals surface area contributed by atoms with Crippen LogP contribution >= 0.6 is 23.2 Å². The summed E-state index contributed by atoms with van der Waals surface area (Å²) >= 11 is 12.2. The smallest absolute Gasteiger partial charge is 0.240 e. The zero-order valence-corrected chi connectivity index (χ0v) is 13.3. The highest BCUT2D eigenvalue weighted by molar-refractivity contribution is 6.42. The van der Waals surface area contributed by atoms with Gasteiger partial charge in [-0.15, -0.1) is 0 Å². The van der Waals surface area contributed by atoms with E-state index in [0.29, 0.717) is 22.6 Å². The van der Waals surface area contributed by atoms with Gasteiger partial charge >= 0.3 is 0 Å². The second kappa shape index (κ2) is 6.33. The number of carbonyl (C=O) groups excluding carboxylic acids is 1. The lowest BCUT2D eigenvalue weighted by molar-refractivity contribution is -0.134. The molecular weight excluding hydrogens is 295 g/mol. The van der Waals surface area contributed by atoms with Gasteiger partial charge in [-0.2, -0.15) is 0 Å².